The van der Waals surface area contributed by atoms with E-state index in [0.717, 1.165) is 24.9 Å². The van der Waals surface area contributed by atoms with Crippen LogP contribution in [0.1, 0.15) is 32.1 Å². The fraction of sp³-hybridized carbons (Fsp3) is 0.450. The number of likely N-dealkylation sites (tertiary alicyclic amines) is 1. The number of rotatable bonds is 6. The van der Waals surface area contributed by atoms with E-state index in [1.54, 1.807) is 21.8 Å². The largest absolute Gasteiger partial charge is 0.467 e. The monoisotopic (exact) mass is 368 g/mol. The van der Waals surface area contributed by atoms with Crippen LogP contribution >= 0.6 is 0 Å². The van der Waals surface area contributed by atoms with E-state index >= 15 is 0 Å². The Morgan fingerprint density at radius 2 is 1.93 bits per heavy atom. The Balaban J connectivity index is 1.36. The van der Waals surface area contributed by atoms with E-state index in [9.17, 15) is 9.59 Å². The summed E-state index contributed by atoms with van der Waals surface area (Å²) >= 11 is 0. The van der Waals surface area contributed by atoms with Gasteiger partial charge in [0.05, 0.1) is 11.9 Å². The van der Waals surface area contributed by atoms with Crippen molar-refractivity contribution in [1.29, 1.82) is 0 Å². The molecule has 4 rings (SSSR count). The third-order valence-electron chi connectivity index (χ3n) is 5.28. The lowest BCUT2D eigenvalue weighted by atomic mass is 9.93. The molecule has 1 aromatic carbocycles. The predicted octanol–water partition coefficient (Wildman–Crippen LogP) is 1.91. The average molecular weight is 368 g/mol. The van der Waals surface area contributed by atoms with Crippen molar-refractivity contribution in [3.8, 4) is 11.6 Å². The van der Waals surface area contributed by atoms with Crippen LogP contribution in [0.5, 0.6) is 5.88 Å². The maximum absolute atomic E-state index is 12.7. The number of carbonyl (C=O) groups excluding carboxylic acids is 2. The fourth-order valence-corrected chi connectivity index (χ4v) is 3.57. The molecule has 0 unspecified atom stereocenters. The average Bonchev–Trinajstić information content (AvgIpc) is 3.32. The van der Waals surface area contributed by atoms with E-state index in [-0.39, 0.29) is 30.5 Å². The van der Waals surface area contributed by atoms with E-state index < -0.39 is 0 Å². The Kier molecular flexibility index (Phi) is 5.09. The maximum Gasteiger partial charge on any atom is 0.261 e. The number of hydrogen-bond acceptors (Lipinski definition) is 4. The quantitative estimate of drug-likeness (QED) is 0.845. The molecule has 27 heavy (non-hydrogen) atoms. The van der Waals surface area contributed by atoms with Crippen molar-refractivity contribution in [3.05, 3.63) is 42.6 Å². The molecule has 1 aliphatic heterocycles. The number of hydrogen-bond donors (Lipinski definition) is 1. The normalized spacial score (nSPS) is 19.6. The minimum atomic E-state index is -0.374. The van der Waals surface area contributed by atoms with Crippen LogP contribution in [-0.2, 0) is 9.59 Å². The van der Waals surface area contributed by atoms with Gasteiger partial charge in [-0.2, -0.15) is 5.10 Å². The van der Waals surface area contributed by atoms with Gasteiger partial charge in [-0.3, -0.25) is 9.59 Å². The first-order valence-corrected chi connectivity index (χ1v) is 9.54. The highest BCUT2D eigenvalue weighted by Gasteiger charge is 2.35. The molecule has 0 radical (unpaired) electrons. The van der Waals surface area contributed by atoms with Crippen molar-refractivity contribution < 1.29 is 14.3 Å². The maximum atomic E-state index is 12.7. The van der Waals surface area contributed by atoms with E-state index in [4.69, 9.17) is 4.74 Å². The second-order valence-corrected chi connectivity index (χ2v) is 7.09. The highest BCUT2D eigenvalue weighted by Crippen LogP contribution is 2.22. The lowest BCUT2D eigenvalue weighted by molar-refractivity contribution is -0.140. The molecule has 1 aliphatic carbocycles. The van der Waals surface area contributed by atoms with Gasteiger partial charge >= 0.3 is 0 Å². The van der Waals surface area contributed by atoms with Crippen LogP contribution in [-0.4, -0.2) is 51.7 Å². The molecule has 2 fully saturated rings. The van der Waals surface area contributed by atoms with Crippen molar-refractivity contribution in [2.45, 2.75) is 44.2 Å². The van der Waals surface area contributed by atoms with Gasteiger partial charge in [-0.15, -0.1) is 0 Å². The molecule has 1 N–H and O–H groups in total. The van der Waals surface area contributed by atoms with Gasteiger partial charge in [-0.1, -0.05) is 18.2 Å². The summed E-state index contributed by atoms with van der Waals surface area (Å²) in [6.07, 6.45) is 6.44. The second kappa shape index (κ2) is 7.82. The lowest BCUT2D eigenvalue weighted by Gasteiger charge is -2.30. The summed E-state index contributed by atoms with van der Waals surface area (Å²) in [7, 11) is 0. The standard InChI is InChI=1S/C20H24N4O3/c25-18(23-13-5-10-17(23)20(26)22-15-6-4-7-15)14-27-19-11-12-21-24(19)16-8-2-1-3-9-16/h1-3,8-9,11-12,15,17H,4-7,10,13-14H2,(H,22,26)/t17-/m0/s1. The number of nitrogens with one attached hydrogen (secondary N) is 1. The summed E-state index contributed by atoms with van der Waals surface area (Å²) in [5.74, 6) is 0.311. The molecular weight excluding hydrogens is 344 g/mol. The Hall–Kier alpha value is -2.83. The van der Waals surface area contributed by atoms with E-state index in [0.29, 0.717) is 18.8 Å². The summed E-state index contributed by atoms with van der Waals surface area (Å²) < 4.78 is 7.38. The zero-order chi connectivity index (χ0) is 18.6. The van der Waals surface area contributed by atoms with Gasteiger partial charge in [-0.25, -0.2) is 4.68 Å². The SMILES string of the molecule is O=C(NC1CCC1)[C@@H]1CCCN1C(=O)COc1ccnn1-c1ccccc1. The van der Waals surface area contributed by atoms with Crippen molar-refractivity contribution in [2.75, 3.05) is 13.2 Å². The van der Waals surface area contributed by atoms with Crippen LogP contribution in [0, 0.1) is 0 Å². The predicted molar refractivity (Wildman–Crippen MR) is 99.6 cm³/mol. The van der Waals surface area contributed by atoms with Gasteiger partial charge in [0.2, 0.25) is 11.8 Å². The van der Waals surface area contributed by atoms with E-state index in [2.05, 4.69) is 10.4 Å². The lowest BCUT2D eigenvalue weighted by Crippen LogP contribution is -2.51. The van der Waals surface area contributed by atoms with Gasteiger partial charge < -0.3 is 15.0 Å². The number of benzene rings is 1. The first-order chi connectivity index (χ1) is 13.2. The van der Waals surface area contributed by atoms with Crippen LogP contribution < -0.4 is 10.1 Å². The highest BCUT2D eigenvalue weighted by molar-refractivity contribution is 5.89. The molecule has 2 heterocycles. The number of nitrogens with zero attached hydrogens (tertiary/aromatic N) is 3. The summed E-state index contributed by atoms with van der Waals surface area (Å²) in [6.45, 7) is 0.495. The van der Waals surface area contributed by atoms with E-state index in [1.807, 2.05) is 30.3 Å². The number of carbonyl (C=O) groups is 2. The van der Waals surface area contributed by atoms with Gasteiger partial charge in [-0.05, 0) is 44.2 Å². The molecule has 0 bridgehead atoms. The number of para-hydroxylation sites is 1. The molecule has 2 aromatic rings. The minimum absolute atomic E-state index is 0.0279. The molecule has 7 heteroatoms. The zero-order valence-electron chi connectivity index (χ0n) is 15.2. The first kappa shape index (κ1) is 17.6. The number of amides is 2. The molecule has 0 spiro atoms. The second-order valence-electron chi connectivity index (χ2n) is 7.09. The Morgan fingerprint density at radius 3 is 2.67 bits per heavy atom. The van der Waals surface area contributed by atoms with Crippen LogP contribution in [0.15, 0.2) is 42.6 Å². The fourth-order valence-electron chi connectivity index (χ4n) is 3.57. The molecule has 2 amide bonds. The Labute approximate surface area is 158 Å². The molecule has 1 aromatic heterocycles. The van der Waals surface area contributed by atoms with Crippen LogP contribution in [0.25, 0.3) is 5.69 Å². The first-order valence-electron chi connectivity index (χ1n) is 9.54. The van der Waals surface area contributed by atoms with Crippen LogP contribution in [0.3, 0.4) is 0 Å². The minimum Gasteiger partial charge on any atom is -0.467 e. The molecule has 142 valence electrons. The van der Waals surface area contributed by atoms with Crippen LogP contribution in [0.2, 0.25) is 0 Å². The van der Waals surface area contributed by atoms with Crippen molar-refractivity contribution in [1.82, 2.24) is 20.0 Å². The Morgan fingerprint density at radius 1 is 1.11 bits per heavy atom. The third-order valence-corrected chi connectivity index (χ3v) is 5.28. The molecule has 2 aliphatic rings. The van der Waals surface area contributed by atoms with Crippen molar-refractivity contribution >= 4 is 11.8 Å². The summed E-state index contributed by atoms with van der Waals surface area (Å²) in [5.41, 5.74) is 0.865. The van der Waals surface area contributed by atoms with Gasteiger partial charge in [0, 0.05) is 18.7 Å². The number of aromatic nitrogens is 2. The van der Waals surface area contributed by atoms with Gasteiger partial charge in [0.1, 0.15) is 6.04 Å². The third kappa shape index (κ3) is 3.82. The molecule has 1 saturated heterocycles. The molecule has 1 saturated carbocycles. The van der Waals surface area contributed by atoms with Gasteiger partial charge in [0.15, 0.2) is 6.61 Å². The van der Waals surface area contributed by atoms with Crippen molar-refractivity contribution in [3.63, 3.8) is 0 Å². The number of ether oxygens (including phenoxy) is 1. The van der Waals surface area contributed by atoms with E-state index in [1.165, 1.54) is 6.42 Å². The van der Waals surface area contributed by atoms with Crippen LogP contribution in [0.4, 0.5) is 0 Å². The Bertz CT molecular complexity index is 801. The zero-order valence-corrected chi connectivity index (χ0v) is 15.2. The summed E-state index contributed by atoms with van der Waals surface area (Å²) in [4.78, 5) is 26.8. The van der Waals surface area contributed by atoms with Gasteiger partial charge in [0.25, 0.3) is 5.91 Å². The molecule has 7 nitrogen and oxygen atoms in total. The summed E-state index contributed by atoms with van der Waals surface area (Å²) in [6, 6.07) is 11.2. The van der Waals surface area contributed by atoms with Crippen molar-refractivity contribution in [2.24, 2.45) is 0 Å². The summed E-state index contributed by atoms with van der Waals surface area (Å²) in [5, 5.41) is 7.31. The molecular formula is C20H24N4O3. The molecule has 1 atom stereocenters. The smallest absolute Gasteiger partial charge is 0.261 e. The highest BCUT2D eigenvalue weighted by atomic mass is 16.5. The topological polar surface area (TPSA) is 76.5 Å².